The van der Waals surface area contributed by atoms with E-state index in [9.17, 15) is 4.79 Å². The molecule has 0 aromatic rings. The van der Waals surface area contributed by atoms with E-state index >= 15 is 0 Å². The summed E-state index contributed by atoms with van der Waals surface area (Å²) in [5.41, 5.74) is 0.979. The van der Waals surface area contributed by atoms with E-state index in [1.54, 1.807) is 0 Å². The summed E-state index contributed by atoms with van der Waals surface area (Å²) in [6.45, 7) is 9.85. The first kappa shape index (κ1) is 11.2. The highest BCUT2D eigenvalue weighted by Gasteiger charge is 1.98. The quantitative estimate of drug-likeness (QED) is 0.454. The van der Waals surface area contributed by atoms with Crippen molar-refractivity contribution in [3.05, 3.63) is 12.2 Å². The van der Waals surface area contributed by atoms with Gasteiger partial charge in [-0.1, -0.05) is 19.1 Å². The van der Waals surface area contributed by atoms with Gasteiger partial charge in [-0.05, 0) is 13.5 Å². The van der Waals surface area contributed by atoms with Crippen LogP contribution in [0.5, 0.6) is 0 Å². The molecule has 0 radical (unpaired) electrons. The van der Waals surface area contributed by atoms with Gasteiger partial charge in [-0.15, -0.1) is 0 Å². The number of amides is 1. The Hall–Kier alpha value is -0.830. The smallest absolute Gasteiger partial charge is 0.221 e. The molecule has 0 unspecified atom stereocenters. The fourth-order valence-electron chi connectivity index (χ4n) is 0.717. The standard InChI is InChI=1S/C9H18N2O/c1-4-10-6-5-9(12)11-7-8(2)3/h10H,2,4-7H2,1,3H3,(H,11,12). The molecule has 2 N–H and O–H groups in total. The van der Waals surface area contributed by atoms with E-state index in [0.717, 1.165) is 18.7 Å². The molecule has 0 aromatic heterocycles. The summed E-state index contributed by atoms with van der Waals surface area (Å²) in [4.78, 5) is 11.0. The van der Waals surface area contributed by atoms with Crippen molar-refractivity contribution < 1.29 is 4.79 Å². The van der Waals surface area contributed by atoms with E-state index in [4.69, 9.17) is 0 Å². The van der Waals surface area contributed by atoms with E-state index in [-0.39, 0.29) is 5.91 Å². The Balaban J connectivity index is 3.28. The van der Waals surface area contributed by atoms with Gasteiger partial charge in [0.05, 0.1) is 0 Å². The Labute approximate surface area is 74.2 Å². The number of carbonyl (C=O) groups excluding carboxylic acids is 1. The molecule has 0 fully saturated rings. The Kier molecular flexibility index (Phi) is 6.38. The maximum Gasteiger partial charge on any atom is 0.221 e. The molecule has 12 heavy (non-hydrogen) atoms. The lowest BCUT2D eigenvalue weighted by Crippen LogP contribution is -2.28. The molecule has 3 heteroatoms. The van der Waals surface area contributed by atoms with Crippen LogP contribution in [0.2, 0.25) is 0 Å². The summed E-state index contributed by atoms with van der Waals surface area (Å²) in [5, 5.41) is 5.85. The molecule has 0 saturated heterocycles. The summed E-state index contributed by atoms with van der Waals surface area (Å²) in [7, 11) is 0. The molecular formula is C9H18N2O. The Morgan fingerprint density at radius 3 is 2.67 bits per heavy atom. The van der Waals surface area contributed by atoms with Gasteiger partial charge in [0.25, 0.3) is 0 Å². The van der Waals surface area contributed by atoms with Crippen LogP contribution in [0.15, 0.2) is 12.2 Å². The van der Waals surface area contributed by atoms with Crippen LogP contribution in [0, 0.1) is 0 Å². The van der Waals surface area contributed by atoms with Crippen molar-refractivity contribution in [3.8, 4) is 0 Å². The van der Waals surface area contributed by atoms with Gasteiger partial charge in [0.15, 0.2) is 0 Å². The van der Waals surface area contributed by atoms with Crippen LogP contribution >= 0.6 is 0 Å². The third-order valence-corrected chi connectivity index (χ3v) is 1.37. The van der Waals surface area contributed by atoms with Crippen molar-refractivity contribution in [2.45, 2.75) is 20.3 Å². The van der Waals surface area contributed by atoms with Gasteiger partial charge in [-0.3, -0.25) is 4.79 Å². The second-order valence-electron chi connectivity index (χ2n) is 2.84. The van der Waals surface area contributed by atoms with Gasteiger partial charge < -0.3 is 10.6 Å². The number of hydrogen-bond acceptors (Lipinski definition) is 2. The van der Waals surface area contributed by atoms with E-state index in [0.29, 0.717) is 13.0 Å². The molecule has 0 bridgehead atoms. The highest BCUT2D eigenvalue weighted by Crippen LogP contribution is 1.83. The van der Waals surface area contributed by atoms with Gasteiger partial charge in [-0.2, -0.15) is 0 Å². The Morgan fingerprint density at radius 1 is 1.50 bits per heavy atom. The molecular weight excluding hydrogens is 152 g/mol. The third-order valence-electron chi connectivity index (χ3n) is 1.37. The Bertz CT molecular complexity index is 155. The minimum absolute atomic E-state index is 0.0824. The maximum atomic E-state index is 11.0. The van der Waals surface area contributed by atoms with Crippen LogP contribution in [-0.4, -0.2) is 25.5 Å². The number of rotatable bonds is 6. The molecule has 0 heterocycles. The minimum Gasteiger partial charge on any atom is -0.352 e. The highest BCUT2D eigenvalue weighted by molar-refractivity contribution is 5.76. The average Bonchev–Trinajstić information content (AvgIpc) is 2.01. The first-order valence-corrected chi connectivity index (χ1v) is 4.28. The fraction of sp³-hybridized carbons (Fsp3) is 0.667. The maximum absolute atomic E-state index is 11.0. The number of hydrogen-bond donors (Lipinski definition) is 2. The van der Waals surface area contributed by atoms with Gasteiger partial charge in [0.1, 0.15) is 0 Å². The van der Waals surface area contributed by atoms with E-state index in [1.165, 1.54) is 0 Å². The van der Waals surface area contributed by atoms with Gasteiger partial charge in [0, 0.05) is 19.5 Å². The number of carbonyl (C=O) groups is 1. The van der Waals surface area contributed by atoms with Crippen molar-refractivity contribution in [1.82, 2.24) is 10.6 Å². The predicted molar refractivity (Wildman–Crippen MR) is 51.0 cm³/mol. The van der Waals surface area contributed by atoms with Crippen LogP contribution in [-0.2, 0) is 4.79 Å². The third kappa shape index (κ3) is 7.28. The second kappa shape index (κ2) is 6.85. The second-order valence-corrected chi connectivity index (χ2v) is 2.84. The molecule has 0 aliphatic heterocycles. The molecule has 1 amide bonds. The molecule has 0 rings (SSSR count). The predicted octanol–water partition coefficient (Wildman–Crippen LogP) is 0.678. The average molecular weight is 170 g/mol. The molecule has 0 aliphatic rings. The summed E-state index contributed by atoms with van der Waals surface area (Å²) in [6.07, 6.45) is 0.543. The van der Waals surface area contributed by atoms with Crippen molar-refractivity contribution in [1.29, 1.82) is 0 Å². The summed E-state index contributed by atoms with van der Waals surface area (Å²) in [6, 6.07) is 0. The van der Waals surface area contributed by atoms with Crippen LogP contribution in [0.1, 0.15) is 20.3 Å². The zero-order valence-corrected chi connectivity index (χ0v) is 7.94. The largest absolute Gasteiger partial charge is 0.352 e. The van der Waals surface area contributed by atoms with Crippen molar-refractivity contribution >= 4 is 5.91 Å². The van der Waals surface area contributed by atoms with Crippen molar-refractivity contribution in [2.75, 3.05) is 19.6 Å². The SMILES string of the molecule is C=C(C)CNC(=O)CCNCC. The van der Waals surface area contributed by atoms with Crippen LogP contribution in [0.3, 0.4) is 0 Å². The van der Waals surface area contributed by atoms with Gasteiger partial charge in [-0.25, -0.2) is 0 Å². The topological polar surface area (TPSA) is 41.1 Å². The Morgan fingerprint density at radius 2 is 2.17 bits per heavy atom. The zero-order chi connectivity index (χ0) is 9.40. The van der Waals surface area contributed by atoms with Crippen molar-refractivity contribution in [2.24, 2.45) is 0 Å². The van der Waals surface area contributed by atoms with Gasteiger partial charge >= 0.3 is 0 Å². The lowest BCUT2D eigenvalue weighted by atomic mass is 10.3. The summed E-state index contributed by atoms with van der Waals surface area (Å²) >= 11 is 0. The molecule has 0 saturated carbocycles. The molecule has 0 spiro atoms. The lowest BCUT2D eigenvalue weighted by Gasteiger charge is -2.04. The zero-order valence-electron chi connectivity index (χ0n) is 7.94. The van der Waals surface area contributed by atoms with E-state index in [1.807, 2.05) is 13.8 Å². The van der Waals surface area contributed by atoms with Crippen LogP contribution < -0.4 is 10.6 Å². The molecule has 3 nitrogen and oxygen atoms in total. The van der Waals surface area contributed by atoms with Crippen LogP contribution in [0.25, 0.3) is 0 Å². The van der Waals surface area contributed by atoms with Crippen molar-refractivity contribution in [3.63, 3.8) is 0 Å². The summed E-state index contributed by atoms with van der Waals surface area (Å²) < 4.78 is 0. The van der Waals surface area contributed by atoms with E-state index < -0.39 is 0 Å². The van der Waals surface area contributed by atoms with E-state index in [2.05, 4.69) is 17.2 Å². The summed E-state index contributed by atoms with van der Waals surface area (Å²) in [5.74, 6) is 0.0824. The van der Waals surface area contributed by atoms with Gasteiger partial charge in [0.2, 0.25) is 5.91 Å². The normalized spacial score (nSPS) is 9.50. The monoisotopic (exact) mass is 170 g/mol. The first-order valence-electron chi connectivity index (χ1n) is 4.28. The molecule has 70 valence electrons. The van der Waals surface area contributed by atoms with Crippen LogP contribution in [0.4, 0.5) is 0 Å². The molecule has 0 atom stereocenters. The molecule has 0 aromatic carbocycles. The lowest BCUT2D eigenvalue weighted by molar-refractivity contribution is -0.120. The highest BCUT2D eigenvalue weighted by atomic mass is 16.1. The minimum atomic E-state index is 0.0824. The fourth-order valence-corrected chi connectivity index (χ4v) is 0.717. The first-order chi connectivity index (χ1) is 5.66. The molecule has 0 aliphatic carbocycles. The number of nitrogens with one attached hydrogen (secondary N) is 2.